The van der Waals surface area contributed by atoms with Gasteiger partial charge in [-0.1, -0.05) is 6.42 Å². The van der Waals surface area contributed by atoms with Crippen LogP contribution in [0.25, 0.3) is 0 Å². The van der Waals surface area contributed by atoms with Gasteiger partial charge in [0.25, 0.3) is 0 Å². The molecule has 2 fully saturated rings. The highest BCUT2D eigenvalue weighted by Crippen LogP contribution is 2.39. The molecular weight excluding hydrogens is 242 g/mol. The fourth-order valence-electron chi connectivity index (χ4n) is 2.77. The second kappa shape index (κ2) is 5.30. The van der Waals surface area contributed by atoms with Crippen LogP contribution in [0.15, 0.2) is 6.07 Å². The van der Waals surface area contributed by atoms with Gasteiger partial charge in [0.2, 0.25) is 0 Å². The summed E-state index contributed by atoms with van der Waals surface area (Å²) in [5, 5.41) is 12.8. The number of aliphatic hydroxyl groups excluding tert-OH is 1. The first-order valence-corrected chi connectivity index (χ1v) is 7.03. The number of aromatic nitrogens is 2. The summed E-state index contributed by atoms with van der Waals surface area (Å²) in [5.41, 5.74) is 2.60. The van der Waals surface area contributed by atoms with Gasteiger partial charge in [0, 0.05) is 30.6 Å². The van der Waals surface area contributed by atoms with E-state index in [4.69, 9.17) is 5.84 Å². The van der Waals surface area contributed by atoms with Crippen molar-refractivity contribution in [2.45, 2.75) is 44.1 Å². The number of aliphatic hydroxyl groups is 1. The number of nitrogen functional groups attached to an aromatic ring is 1. The largest absolute Gasteiger partial charge is 0.396 e. The molecule has 0 amide bonds. The summed E-state index contributed by atoms with van der Waals surface area (Å²) in [6, 6.07) is 2.14. The second-order valence-corrected chi connectivity index (χ2v) is 5.54. The molecule has 1 heterocycles. The molecule has 19 heavy (non-hydrogen) atoms. The predicted molar refractivity (Wildman–Crippen MR) is 73.7 cm³/mol. The van der Waals surface area contributed by atoms with Crippen molar-refractivity contribution in [1.82, 2.24) is 9.97 Å². The van der Waals surface area contributed by atoms with Crippen molar-refractivity contribution in [3.05, 3.63) is 11.9 Å². The number of rotatable bonds is 5. The third-order valence-electron chi connectivity index (χ3n) is 4.06. The molecule has 2 unspecified atom stereocenters. The lowest BCUT2D eigenvalue weighted by molar-refractivity contribution is 0.222. The zero-order valence-corrected chi connectivity index (χ0v) is 11.0. The molecule has 2 aliphatic rings. The molecule has 0 saturated heterocycles. The first-order valence-electron chi connectivity index (χ1n) is 7.03. The van der Waals surface area contributed by atoms with Crippen molar-refractivity contribution >= 4 is 11.6 Å². The van der Waals surface area contributed by atoms with Gasteiger partial charge in [0.05, 0.1) is 0 Å². The Morgan fingerprint density at radius 3 is 2.68 bits per heavy atom. The van der Waals surface area contributed by atoms with Gasteiger partial charge in [0.1, 0.15) is 17.5 Å². The van der Waals surface area contributed by atoms with Crippen LogP contribution in [0.4, 0.5) is 11.6 Å². The number of hydrogen-bond acceptors (Lipinski definition) is 6. The minimum Gasteiger partial charge on any atom is -0.396 e. The van der Waals surface area contributed by atoms with E-state index in [1.54, 1.807) is 0 Å². The van der Waals surface area contributed by atoms with Crippen molar-refractivity contribution in [1.29, 1.82) is 0 Å². The number of hydrogen-bond donors (Lipinski definition) is 4. The molecule has 5 N–H and O–H groups in total. The Kier molecular flexibility index (Phi) is 3.52. The summed E-state index contributed by atoms with van der Waals surface area (Å²) in [6.45, 7) is 0.236. The van der Waals surface area contributed by atoms with E-state index in [-0.39, 0.29) is 6.61 Å². The van der Waals surface area contributed by atoms with E-state index in [9.17, 15) is 5.11 Å². The van der Waals surface area contributed by atoms with Crippen molar-refractivity contribution in [2.24, 2.45) is 11.8 Å². The Bertz CT molecular complexity index is 449. The minimum atomic E-state index is 0.236. The smallest absolute Gasteiger partial charge is 0.145 e. The van der Waals surface area contributed by atoms with Crippen LogP contribution in [0, 0.1) is 5.92 Å². The third kappa shape index (κ3) is 2.79. The molecule has 1 aromatic rings. The monoisotopic (exact) mass is 263 g/mol. The maximum Gasteiger partial charge on any atom is 0.145 e. The SMILES string of the molecule is NNc1cc(NC2CCCC2CO)nc(C2CC2)n1. The topological polar surface area (TPSA) is 96.1 Å². The van der Waals surface area contributed by atoms with Gasteiger partial charge in [-0.25, -0.2) is 15.8 Å². The van der Waals surface area contributed by atoms with Crippen LogP contribution in [0.5, 0.6) is 0 Å². The normalized spacial score (nSPS) is 26.4. The zero-order chi connectivity index (χ0) is 13.2. The van der Waals surface area contributed by atoms with E-state index >= 15 is 0 Å². The number of nitrogens with two attached hydrogens (primary N) is 1. The Morgan fingerprint density at radius 1 is 1.21 bits per heavy atom. The van der Waals surface area contributed by atoms with Gasteiger partial charge < -0.3 is 15.8 Å². The van der Waals surface area contributed by atoms with Crippen LogP contribution >= 0.6 is 0 Å². The summed E-state index contributed by atoms with van der Waals surface area (Å²) in [7, 11) is 0. The molecule has 6 nitrogen and oxygen atoms in total. The molecule has 3 rings (SSSR count). The molecule has 0 aromatic carbocycles. The Morgan fingerprint density at radius 2 is 2.00 bits per heavy atom. The van der Waals surface area contributed by atoms with Crippen LogP contribution in [0.2, 0.25) is 0 Å². The number of hydrazine groups is 1. The van der Waals surface area contributed by atoms with Crippen LogP contribution in [-0.2, 0) is 0 Å². The van der Waals surface area contributed by atoms with E-state index in [2.05, 4.69) is 20.7 Å². The van der Waals surface area contributed by atoms with E-state index in [1.807, 2.05) is 6.07 Å². The predicted octanol–water partition coefficient (Wildman–Crippen LogP) is 1.21. The number of nitrogens with zero attached hydrogens (tertiary/aromatic N) is 2. The zero-order valence-electron chi connectivity index (χ0n) is 11.0. The molecular formula is C13H21N5O. The minimum absolute atomic E-state index is 0.236. The van der Waals surface area contributed by atoms with Gasteiger partial charge in [-0.3, -0.25) is 0 Å². The van der Waals surface area contributed by atoms with Gasteiger partial charge in [-0.15, -0.1) is 0 Å². The summed E-state index contributed by atoms with van der Waals surface area (Å²) >= 11 is 0. The lowest BCUT2D eigenvalue weighted by Crippen LogP contribution is -2.27. The van der Waals surface area contributed by atoms with Gasteiger partial charge in [-0.05, 0) is 25.7 Å². The molecule has 6 heteroatoms. The molecule has 104 valence electrons. The maximum atomic E-state index is 9.36. The Hall–Kier alpha value is -1.40. The van der Waals surface area contributed by atoms with Crippen LogP contribution in [-0.4, -0.2) is 27.7 Å². The molecule has 0 spiro atoms. The second-order valence-electron chi connectivity index (χ2n) is 5.54. The summed E-state index contributed by atoms with van der Waals surface area (Å²) < 4.78 is 0. The van der Waals surface area contributed by atoms with Crippen molar-refractivity contribution in [3.63, 3.8) is 0 Å². The molecule has 2 saturated carbocycles. The molecule has 1 aromatic heterocycles. The molecule has 0 aliphatic heterocycles. The van der Waals surface area contributed by atoms with Crippen molar-refractivity contribution < 1.29 is 5.11 Å². The number of anilines is 2. The van der Waals surface area contributed by atoms with Gasteiger partial charge in [0.15, 0.2) is 0 Å². The quantitative estimate of drug-likeness (QED) is 0.471. The standard InChI is InChI=1S/C13H21N5O/c14-18-12-6-11(16-13(17-12)8-4-5-8)15-10-3-1-2-9(10)7-19/h6,8-10,19H,1-5,7,14H2,(H2,15,16,17,18). The number of nitrogens with one attached hydrogen (secondary N) is 2. The average Bonchev–Trinajstić information content (AvgIpc) is 3.19. The van der Waals surface area contributed by atoms with E-state index in [0.717, 1.165) is 43.7 Å². The maximum absolute atomic E-state index is 9.36. The Balaban J connectivity index is 1.77. The average molecular weight is 263 g/mol. The van der Waals surface area contributed by atoms with Crippen molar-refractivity contribution in [2.75, 3.05) is 17.3 Å². The third-order valence-corrected chi connectivity index (χ3v) is 4.06. The van der Waals surface area contributed by atoms with Crippen molar-refractivity contribution in [3.8, 4) is 0 Å². The fraction of sp³-hybridized carbons (Fsp3) is 0.692. The lowest BCUT2D eigenvalue weighted by Gasteiger charge is -2.20. The van der Waals surface area contributed by atoms with Crippen LogP contribution in [0.1, 0.15) is 43.8 Å². The van der Waals surface area contributed by atoms with Crippen LogP contribution in [0.3, 0.4) is 0 Å². The highest BCUT2D eigenvalue weighted by molar-refractivity contribution is 5.48. The summed E-state index contributed by atoms with van der Waals surface area (Å²) in [4.78, 5) is 8.97. The highest BCUT2D eigenvalue weighted by Gasteiger charge is 2.29. The van der Waals surface area contributed by atoms with Crippen LogP contribution < -0.4 is 16.6 Å². The van der Waals surface area contributed by atoms with Gasteiger partial charge in [-0.2, -0.15) is 0 Å². The van der Waals surface area contributed by atoms with E-state index in [0.29, 0.717) is 23.7 Å². The Labute approximate surface area is 112 Å². The van der Waals surface area contributed by atoms with E-state index in [1.165, 1.54) is 0 Å². The lowest BCUT2D eigenvalue weighted by atomic mass is 10.1. The summed E-state index contributed by atoms with van der Waals surface area (Å²) in [6.07, 6.45) is 5.65. The first kappa shape index (κ1) is 12.6. The molecule has 0 radical (unpaired) electrons. The van der Waals surface area contributed by atoms with E-state index < -0.39 is 0 Å². The highest BCUT2D eigenvalue weighted by atomic mass is 16.3. The fourth-order valence-corrected chi connectivity index (χ4v) is 2.77. The summed E-state index contributed by atoms with van der Waals surface area (Å²) in [5.74, 6) is 8.62. The molecule has 2 aliphatic carbocycles. The molecule has 0 bridgehead atoms. The molecule has 2 atom stereocenters. The first-order chi connectivity index (χ1) is 9.30. The van der Waals surface area contributed by atoms with Gasteiger partial charge >= 0.3 is 0 Å².